The van der Waals surface area contributed by atoms with Crippen LogP contribution in [0.4, 0.5) is 0 Å². The Morgan fingerprint density at radius 1 is 0.630 bits per heavy atom. The minimum atomic E-state index is 0.516. The Morgan fingerprint density at radius 3 is 1.48 bits per heavy atom. The Morgan fingerprint density at radius 2 is 1.07 bits per heavy atom. The summed E-state index contributed by atoms with van der Waals surface area (Å²) >= 11 is 28.8. The monoisotopic (exact) mass is 488 g/mol. The lowest BCUT2D eigenvalue weighted by Crippen LogP contribution is -1.80. The first-order chi connectivity index (χ1) is 13.0. The molecule has 0 radical (unpaired) electrons. The van der Waals surface area contributed by atoms with Crippen LogP contribution in [0, 0.1) is 0 Å². The molecule has 136 valence electrons. The average molecular weight is 490 g/mol. The zero-order chi connectivity index (χ0) is 19.0. The summed E-state index contributed by atoms with van der Waals surface area (Å²) < 4.78 is 1.82. The molecule has 27 heavy (non-hydrogen) atoms. The van der Waals surface area contributed by atoms with Crippen molar-refractivity contribution in [2.45, 2.75) is 8.68 Å². The number of nitrogens with zero attached hydrogens (tertiary/aromatic N) is 2. The van der Waals surface area contributed by atoms with E-state index in [-0.39, 0.29) is 0 Å². The Balaban J connectivity index is 1.53. The van der Waals surface area contributed by atoms with Gasteiger partial charge in [-0.3, -0.25) is 0 Å². The fourth-order valence-electron chi connectivity index (χ4n) is 2.26. The van der Waals surface area contributed by atoms with Crippen LogP contribution in [0.2, 0.25) is 20.1 Å². The van der Waals surface area contributed by atoms with Crippen molar-refractivity contribution < 1.29 is 0 Å². The summed E-state index contributed by atoms with van der Waals surface area (Å²) in [5, 5.41) is 6.08. The molecule has 0 aliphatic heterocycles. The molecule has 9 heteroatoms. The third-order valence-electron chi connectivity index (χ3n) is 3.57. The number of rotatable bonds is 4. The summed E-state index contributed by atoms with van der Waals surface area (Å²) in [6, 6.07) is 11.0. The Kier molecular flexibility index (Phi) is 6.00. The lowest BCUT2D eigenvalue weighted by Gasteiger charge is -1.99. The molecule has 0 amide bonds. The maximum Gasteiger partial charge on any atom is 0.157 e. The van der Waals surface area contributed by atoms with Gasteiger partial charge in [-0.25, -0.2) is 9.97 Å². The molecule has 4 aromatic rings. The topological polar surface area (TPSA) is 25.8 Å². The summed E-state index contributed by atoms with van der Waals surface area (Å²) in [5.41, 5.74) is 3.59. The molecule has 2 aromatic heterocycles. The SMILES string of the molecule is Clc1ccc(-c2csc(Sc3nc(-c4ccc(Cl)c(Cl)c4)cs3)n2)cc1Cl. The van der Waals surface area contributed by atoms with Gasteiger partial charge in [0.05, 0.1) is 31.5 Å². The molecule has 0 fully saturated rings. The molecular weight excluding hydrogens is 482 g/mol. The van der Waals surface area contributed by atoms with Crippen molar-refractivity contribution >= 4 is 80.8 Å². The van der Waals surface area contributed by atoms with Crippen LogP contribution in [0.5, 0.6) is 0 Å². The quantitative estimate of drug-likeness (QED) is 0.286. The molecular formula is C18H8Cl4N2S3. The highest BCUT2D eigenvalue weighted by Gasteiger charge is 2.12. The fourth-order valence-corrected chi connectivity index (χ4v) is 5.70. The normalized spacial score (nSPS) is 11.1. The van der Waals surface area contributed by atoms with E-state index < -0.39 is 0 Å². The molecule has 0 aliphatic rings. The van der Waals surface area contributed by atoms with Crippen molar-refractivity contribution in [1.82, 2.24) is 9.97 Å². The van der Waals surface area contributed by atoms with E-state index in [1.165, 1.54) is 11.8 Å². The molecule has 0 atom stereocenters. The molecule has 2 nitrogen and oxygen atoms in total. The van der Waals surface area contributed by atoms with Gasteiger partial charge in [0, 0.05) is 21.9 Å². The largest absolute Gasteiger partial charge is 0.229 e. The number of hydrogen-bond donors (Lipinski definition) is 0. The van der Waals surface area contributed by atoms with Crippen LogP contribution < -0.4 is 0 Å². The lowest BCUT2D eigenvalue weighted by molar-refractivity contribution is 1.22. The van der Waals surface area contributed by atoms with Crippen LogP contribution in [0.25, 0.3) is 22.5 Å². The van der Waals surface area contributed by atoms with Gasteiger partial charge in [-0.15, -0.1) is 22.7 Å². The van der Waals surface area contributed by atoms with Gasteiger partial charge in [-0.05, 0) is 36.0 Å². The second-order valence-electron chi connectivity index (χ2n) is 5.36. The smallest absolute Gasteiger partial charge is 0.157 e. The number of benzene rings is 2. The third kappa shape index (κ3) is 4.46. The van der Waals surface area contributed by atoms with Gasteiger partial charge in [0.2, 0.25) is 0 Å². The first-order valence-electron chi connectivity index (χ1n) is 7.49. The van der Waals surface area contributed by atoms with Crippen molar-refractivity contribution in [3.8, 4) is 22.5 Å². The van der Waals surface area contributed by atoms with E-state index in [0.29, 0.717) is 20.1 Å². The van der Waals surface area contributed by atoms with Crippen LogP contribution >= 0.6 is 80.8 Å². The van der Waals surface area contributed by atoms with Crippen LogP contribution in [0.3, 0.4) is 0 Å². The maximum absolute atomic E-state index is 6.09. The Hall–Kier alpha value is -0.790. The maximum atomic E-state index is 6.09. The average Bonchev–Trinajstić information content (AvgIpc) is 3.30. The van der Waals surface area contributed by atoms with Gasteiger partial charge in [-0.2, -0.15) is 0 Å². The second-order valence-corrected chi connectivity index (χ2v) is 10.2. The molecule has 0 N–H and O–H groups in total. The van der Waals surface area contributed by atoms with E-state index in [1.807, 2.05) is 35.0 Å². The summed E-state index contributed by atoms with van der Waals surface area (Å²) in [7, 11) is 0. The first kappa shape index (κ1) is 19.5. The highest BCUT2D eigenvalue weighted by atomic mass is 35.5. The van der Waals surface area contributed by atoms with Crippen LogP contribution in [-0.2, 0) is 0 Å². The Bertz CT molecular complexity index is 1040. The standard InChI is InChI=1S/C18H8Cl4N2S3/c19-11-3-1-9(5-13(11)21)15-7-25-17(23-15)27-18-24-16(8-26-18)10-2-4-12(20)14(22)6-10/h1-8H. The zero-order valence-electron chi connectivity index (χ0n) is 13.2. The molecule has 0 saturated heterocycles. The summed E-state index contributed by atoms with van der Waals surface area (Å²) in [6.45, 7) is 0. The number of thiazole rings is 2. The van der Waals surface area contributed by atoms with Gasteiger partial charge in [0.1, 0.15) is 0 Å². The van der Waals surface area contributed by atoms with Crippen molar-refractivity contribution in [2.75, 3.05) is 0 Å². The number of hydrogen-bond acceptors (Lipinski definition) is 5. The van der Waals surface area contributed by atoms with Gasteiger partial charge in [0.15, 0.2) is 8.68 Å². The predicted octanol–water partition coefficient (Wildman–Crippen LogP) is 8.70. The summed E-state index contributed by atoms with van der Waals surface area (Å²) in [4.78, 5) is 9.32. The highest BCUT2D eigenvalue weighted by molar-refractivity contribution is 8.02. The van der Waals surface area contributed by atoms with E-state index in [4.69, 9.17) is 46.4 Å². The zero-order valence-corrected chi connectivity index (χ0v) is 18.7. The van der Waals surface area contributed by atoms with Crippen molar-refractivity contribution in [3.63, 3.8) is 0 Å². The van der Waals surface area contributed by atoms with Crippen molar-refractivity contribution in [3.05, 3.63) is 67.2 Å². The number of halogens is 4. The minimum Gasteiger partial charge on any atom is -0.229 e. The number of aromatic nitrogens is 2. The molecule has 4 rings (SSSR count). The van der Waals surface area contributed by atoms with Gasteiger partial charge in [0.25, 0.3) is 0 Å². The van der Waals surface area contributed by atoms with E-state index in [9.17, 15) is 0 Å². The van der Waals surface area contributed by atoms with E-state index in [0.717, 1.165) is 31.2 Å². The van der Waals surface area contributed by atoms with Crippen molar-refractivity contribution in [1.29, 1.82) is 0 Å². The summed E-state index contributed by atoms with van der Waals surface area (Å²) in [5.74, 6) is 0. The van der Waals surface area contributed by atoms with E-state index in [1.54, 1.807) is 34.8 Å². The minimum absolute atomic E-state index is 0.516. The van der Waals surface area contributed by atoms with Crippen molar-refractivity contribution in [2.24, 2.45) is 0 Å². The van der Waals surface area contributed by atoms with Crippen LogP contribution in [-0.4, -0.2) is 9.97 Å². The molecule has 0 bridgehead atoms. The summed E-state index contributed by atoms with van der Waals surface area (Å²) in [6.07, 6.45) is 0. The van der Waals surface area contributed by atoms with Crippen LogP contribution in [0.15, 0.2) is 55.8 Å². The molecule has 2 heterocycles. The van der Waals surface area contributed by atoms with Gasteiger partial charge < -0.3 is 0 Å². The Labute approximate surface area is 188 Å². The van der Waals surface area contributed by atoms with Gasteiger partial charge >= 0.3 is 0 Å². The second kappa shape index (κ2) is 8.29. The van der Waals surface area contributed by atoms with Gasteiger partial charge in [-0.1, -0.05) is 58.5 Å². The lowest BCUT2D eigenvalue weighted by atomic mass is 10.2. The molecule has 0 saturated carbocycles. The molecule has 2 aromatic carbocycles. The predicted molar refractivity (Wildman–Crippen MR) is 119 cm³/mol. The van der Waals surface area contributed by atoms with E-state index >= 15 is 0 Å². The molecule has 0 spiro atoms. The molecule has 0 unspecified atom stereocenters. The highest BCUT2D eigenvalue weighted by Crippen LogP contribution is 2.38. The molecule has 0 aliphatic carbocycles. The van der Waals surface area contributed by atoms with Crippen LogP contribution in [0.1, 0.15) is 0 Å². The van der Waals surface area contributed by atoms with E-state index in [2.05, 4.69) is 9.97 Å². The fraction of sp³-hybridized carbons (Fsp3) is 0. The third-order valence-corrected chi connectivity index (χ3v) is 7.93. The first-order valence-corrected chi connectivity index (χ1v) is 11.6.